The van der Waals surface area contributed by atoms with Crippen molar-refractivity contribution in [2.75, 3.05) is 5.32 Å². The number of halogens is 1. The summed E-state index contributed by atoms with van der Waals surface area (Å²) in [4.78, 5) is 13.2. The summed E-state index contributed by atoms with van der Waals surface area (Å²) in [6, 6.07) is 15.4. The van der Waals surface area contributed by atoms with Crippen LogP contribution in [0.5, 0.6) is 0 Å². The Bertz CT molecular complexity index is 1510. The zero-order valence-electron chi connectivity index (χ0n) is 16.9. The smallest absolute Gasteiger partial charge is 0.262 e. The molecule has 3 heterocycles. The van der Waals surface area contributed by atoms with Crippen LogP contribution in [0.15, 0.2) is 67.1 Å². The van der Waals surface area contributed by atoms with Crippen molar-refractivity contribution in [2.45, 2.75) is 6.92 Å². The number of para-hydroxylation sites is 1. The number of fused-ring (bicyclic) bond motifs is 1. The number of benzene rings is 2. The average Bonchev–Trinajstić information content (AvgIpc) is 3.53. The van der Waals surface area contributed by atoms with Crippen LogP contribution in [0.1, 0.15) is 21.5 Å². The van der Waals surface area contributed by atoms with Gasteiger partial charge in [0, 0.05) is 17.8 Å². The van der Waals surface area contributed by atoms with Crippen LogP contribution >= 0.6 is 0 Å². The van der Waals surface area contributed by atoms with Gasteiger partial charge < -0.3 is 9.88 Å². The number of nitrogens with zero attached hydrogens (tertiary/aromatic N) is 5. The van der Waals surface area contributed by atoms with Crippen LogP contribution in [-0.4, -0.2) is 30.5 Å². The van der Waals surface area contributed by atoms with E-state index in [1.807, 2.05) is 6.92 Å². The first kappa shape index (κ1) is 19.3. The van der Waals surface area contributed by atoms with Gasteiger partial charge in [-0.1, -0.05) is 12.1 Å². The van der Waals surface area contributed by atoms with Gasteiger partial charge >= 0.3 is 0 Å². The van der Waals surface area contributed by atoms with E-state index in [0.717, 1.165) is 5.56 Å². The molecule has 0 aliphatic carbocycles. The quantitative estimate of drug-likeness (QED) is 0.452. The van der Waals surface area contributed by atoms with Gasteiger partial charge in [0.2, 0.25) is 0 Å². The number of aryl methyl sites for hydroxylation is 1. The molecule has 0 saturated carbocycles. The number of aromatic amines is 1. The number of carbonyl (C=O) groups is 1. The molecule has 2 N–H and O–H groups in total. The van der Waals surface area contributed by atoms with Crippen LogP contribution in [0, 0.1) is 24.1 Å². The average molecular weight is 425 g/mol. The fraction of sp³-hybridized carbons (Fsp3) is 0.0435. The maximum absolute atomic E-state index is 14.5. The van der Waals surface area contributed by atoms with E-state index in [4.69, 9.17) is 0 Å². The van der Waals surface area contributed by atoms with Crippen LogP contribution in [0.25, 0.3) is 22.4 Å². The lowest BCUT2D eigenvalue weighted by atomic mass is 10.1. The monoisotopic (exact) mass is 425 g/mol. The molecule has 9 heteroatoms. The third kappa shape index (κ3) is 3.11. The Kier molecular flexibility index (Phi) is 4.53. The molecule has 0 saturated heterocycles. The minimum atomic E-state index is -0.460. The van der Waals surface area contributed by atoms with Gasteiger partial charge in [0.15, 0.2) is 11.6 Å². The number of anilines is 1. The van der Waals surface area contributed by atoms with Crippen LogP contribution in [0.2, 0.25) is 0 Å². The van der Waals surface area contributed by atoms with E-state index in [2.05, 4.69) is 26.7 Å². The number of hydrogen-bond acceptors (Lipinski definition) is 4. The Morgan fingerprint density at radius 2 is 1.97 bits per heavy atom. The molecular weight excluding hydrogens is 409 g/mol. The van der Waals surface area contributed by atoms with Gasteiger partial charge in [0.1, 0.15) is 17.1 Å². The first-order valence-electron chi connectivity index (χ1n) is 9.73. The second-order valence-corrected chi connectivity index (χ2v) is 7.19. The van der Waals surface area contributed by atoms with Crippen LogP contribution in [0.4, 0.5) is 10.2 Å². The van der Waals surface area contributed by atoms with Gasteiger partial charge in [0.05, 0.1) is 23.3 Å². The highest BCUT2D eigenvalue weighted by Crippen LogP contribution is 2.26. The van der Waals surface area contributed by atoms with Crippen LogP contribution in [-0.2, 0) is 0 Å². The maximum Gasteiger partial charge on any atom is 0.262 e. The summed E-state index contributed by atoms with van der Waals surface area (Å²) in [6.07, 6.45) is 4.90. The van der Waals surface area contributed by atoms with Crippen molar-refractivity contribution < 1.29 is 9.18 Å². The molecule has 1 amide bonds. The summed E-state index contributed by atoms with van der Waals surface area (Å²) in [7, 11) is 0. The number of carbonyl (C=O) groups excluding carboxylic acids is 1. The Morgan fingerprint density at radius 1 is 1.19 bits per heavy atom. The zero-order valence-corrected chi connectivity index (χ0v) is 16.9. The molecule has 3 aromatic heterocycles. The van der Waals surface area contributed by atoms with E-state index in [-0.39, 0.29) is 11.3 Å². The van der Waals surface area contributed by atoms with Crippen LogP contribution in [0.3, 0.4) is 0 Å². The summed E-state index contributed by atoms with van der Waals surface area (Å²) >= 11 is 0. The molecule has 0 aliphatic rings. The van der Waals surface area contributed by atoms with Crippen molar-refractivity contribution in [3.8, 4) is 17.6 Å². The third-order valence-electron chi connectivity index (χ3n) is 5.18. The summed E-state index contributed by atoms with van der Waals surface area (Å²) in [6.45, 7) is 1.82. The first-order chi connectivity index (χ1) is 15.6. The highest BCUT2D eigenvalue weighted by molar-refractivity contribution is 6.09. The molecule has 0 aliphatic heterocycles. The summed E-state index contributed by atoms with van der Waals surface area (Å²) in [5.41, 5.74) is 2.40. The second-order valence-electron chi connectivity index (χ2n) is 7.19. The Morgan fingerprint density at radius 3 is 2.72 bits per heavy atom. The summed E-state index contributed by atoms with van der Waals surface area (Å²) in [5.74, 6) is -0.195. The first-order valence-corrected chi connectivity index (χ1v) is 9.73. The molecule has 0 radical (unpaired) electrons. The molecule has 2 aromatic carbocycles. The number of H-pyrrole nitrogens is 1. The third-order valence-corrected chi connectivity index (χ3v) is 5.18. The Balaban J connectivity index is 1.58. The minimum Gasteiger partial charge on any atom is -0.308 e. The molecule has 156 valence electrons. The predicted octanol–water partition coefficient (Wildman–Crippen LogP) is 4.11. The lowest BCUT2D eigenvalue weighted by Gasteiger charge is -2.11. The number of hydrogen-bond donors (Lipinski definition) is 2. The predicted molar refractivity (Wildman–Crippen MR) is 116 cm³/mol. The fourth-order valence-corrected chi connectivity index (χ4v) is 3.59. The molecule has 5 aromatic rings. The lowest BCUT2D eigenvalue weighted by molar-refractivity contribution is 0.102. The van der Waals surface area contributed by atoms with E-state index in [9.17, 15) is 14.4 Å². The molecule has 0 spiro atoms. The Labute approximate surface area is 181 Å². The molecule has 5 rings (SSSR count). The highest BCUT2D eigenvalue weighted by Gasteiger charge is 2.22. The molecule has 0 fully saturated rings. The van der Waals surface area contributed by atoms with Crippen molar-refractivity contribution in [3.05, 3.63) is 89.6 Å². The second kappa shape index (κ2) is 7.52. The highest BCUT2D eigenvalue weighted by atomic mass is 19.1. The van der Waals surface area contributed by atoms with Crippen molar-refractivity contribution in [1.29, 1.82) is 5.26 Å². The van der Waals surface area contributed by atoms with Gasteiger partial charge in [-0.15, -0.1) is 0 Å². The van der Waals surface area contributed by atoms with Crippen molar-refractivity contribution in [2.24, 2.45) is 0 Å². The van der Waals surface area contributed by atoms with E-state index in [0.29, 0.717) is 28.1 Å². The maximum atomic E-state index is 14.5. The standard InChI is InChI=1S/C23H16FN7O/c1-14-10-16-19(11-15(14)12-25)28-29-21(16)27-22(32)17-13-26-31(20-7-3-2-6-18(20)24)23(17)30-8-4-5-9-30/h2-11,13H,1H3,(H2,27,28,29,32). The van der Waals surface area contributed by atoms with E-state index in [1.165, 1.54) is 16.9 Å². The van der Waals surface area contributed by atoms with E-state index < -0.39 is 11.7 Å². The molecule has 32 heavy (non-hydrogen) atoms. The van der Waals surface area contributed by atoms with Gasteiger partial charge in [-0.2, -0.15) is 15.5 Å². The van der Waals surface area contributed by atoms with Gasteiger partial charge in [0.25, 0.3) is 5.91 Å². The lowest BCUT2D eigenvalue weighted by Crippen LogP contribution is -2.16. The van der Waals surface area contributed by atoms with Crippen molar-refractivity contribution in [3.63, 3.8) is 0 Å². The van der Waals surface area contributed by atoms with Crippen molar-refractivity contribution >= 4 is 22.6 Å². The molecule has 0 atom stereocenters. The van der Waals surface area contributed by atoms with E-state index in [1.54, 1.807) is 59.4 Å². The van der Waals surface area contributed by atoms with Gasteiger partial charge in [-0.3, -0.25) is 9.89 Å². The van der Waals surface area contributed by atoms with Crippen LogP contribution < -0.4 is 5.32 Å². The zero-order chi connectivity index (χ0) is 22.2. The number of nitrogens with one attached hydrogen (secondary N) is 2. The van der Waals surface area contributed by atoms with Gasteiger partial charge in [-0.05, 0) is 48.9 Å². The topological polar surface area (TPSA) is 104 Å². The molecule has 0 bridgehead atoms. The SMILES string of the molecule is Cc1cc2c(NC(=O)c3cnn(-c4ccccc4F)c3-n3cccc3)n[nH]c2cc1C#N. The molecule has 0 unspecified atom stereocenters. The normalized spacial score (nSPS) is 10.9. The fourth-order valence-electron chi connectivity index (χ4n) is 3.59. The number of nitriles is 1. The number of aromatic nitrogens is 5. The summed E-state index contributed by atoms with van der Waals surface area (Å²) < 4.78 is 17.6. The van der Waals surface area contributed by atoms with Crippen molar-refractivity contribution in [1.82, 2.24) is 24.5 Å². The van der Waals surface area contributed by atoms with E-state index >= 15 is 0 Å². The summed E-state index contributed by atoms with van der Waals surface area (Å²) in [5, 5.41) is 24.0. The molecular formula is C23H16FN7O. The largest absolute Gasteiger partial charge is 0.308 e. The Hall–Kier alpha value is -4.71. The number of amides is 1. The minimum absolute atomic E-state index is 0.222. The molecule has 8 nitrogen and oxygen atoms in total. The van der Waals surface area contributed by atoms with Gasteiger partial charge in [-0.25, -0.2) is 9.07 Å². The number of rotatable bonds is 4.